The summed E-state index contributed by atoms with van der Waals surface area (Å²) in [7, 11) is 3.08. The number of aliphatic hydroxyl groups is 1. The molecule has 2 atom stereocenters. The molecule has 8 heteroatoms. The normalized spacial score (nSPS) is 18.2. The third-order valence-corrected chi connectivity index (χ3v) is 5.47. The predicted molar refractivity (Wildman–Crippen MR) is 120 cm³/mol. The summed E-state index contributed by atoms with van der Waals surface area (Å²) in [5.41, 5.74) is 2.42. The SMILES string of the molecule is C=C(N[C@H]1CCOC[C@@H]1O)c1cc(C(=O)c2ccc(OC)nc2)c2cccc(OC)c2n1. The quantitative estimate of drug-likeness (QED) is 0.546. The zero-order chi connectivity index (χ0) is 22.7. The molecule has 0 radical (unpaired) electrons. The average Bonchev–Trinajstić information content (AvgIpc) is 2.83. The van der Waals surface area contributed by atoms with Crippen LogP contribution in [-0.2, 0) is 4.74 Å². The van der Waals surface area contributed by atoms with E-state index in [4.69, 9.17) is 19.2 Å². The Balaban J connectivity index is 1.77. The van der Waals surface area contributed by atoms with Crippen molar-refractivity contribution in [3.8, 4) is 11.6 Å². The molecule has 0 aliphatic carbocycles. The third-order valence-electron chi connectivity index (χ3n) is 5.47. The Hall–Kier alpha value is -3.49. The van der Waals surface area contributed by atoms with Crippen LogP contribution in [0.4, 0.5) is 0 Å². The highest BCUT2D eigenvalue weighted by molar-refractivity contribution is 6.16. The number of aliphatic hydroxyl groups excluding tert-OH is 1. The van der Waals surface area contributed by atoms with Crippen LogP contribution in [0.25, 0.3) is 16.6 Å². The topological polar surface area (TPSA) is 103 Å². The Kier molecular flexibility index (Phi) is 6.34. The highest BCUT2D eigenvalue weighted by Crippen LogP contribution is 2.30. The second-order valence-corrected chi connectivity index (χ2v) is 7.49. The number of nitrogens with zero attached hydrogens (tertiary/aromatic N) is 2. The van der Waals surface area contributed by atoms with Crippen LogP contribution in [0.3, 0.4) is 0 Å². The van der Waals surface area contributed by atoms with Crippen LogP contribution in [-0.4, -0.2) is 60.4 Å². The van der Waals surface area contributed by atoms with Crippen LogP contribution in [0, 0.1) is 0 Å². The van der Waals surface area contributed by atoms with Crippen molar-refractivity contribution in [1.82, 2.24) is 15.3 Å². The number of ether oxygens (including phenoxy) is 3. The first-order valence-corrected chi connectivity index (χ1v) is 10.3. The smallest absolute Gasteiger partial charge is 0.212 e. The second kappa shape index (κ2) is 9.33. The monoisotopic (exact) mass is 435 g/mol. The van der Waals surface area contributed by atoms with Crippen molar-refractivity contribution >= 4 is 22.4 Å². The van der Waals surface area contributed by atoms with E-state index >= 15 is 0 Å². The summed E-state index contributed by atoms with van der Waals surface area (Å²) in [5, 5.41) is 14.1. The largest absolute Gasteiger partial charge is 0.494 e. The van der Waals surface area contributed by atoms with E-state index in [-0.39, 0.29) is 18.4 Å². The third kappa shape index (κ3) is 4.28. The number of hydrogen-bond donors (Lipinski definition) is 2. The van der Waals surface area contributed by atoms with E-state index in [0.717, 1.165) is 0 Å². The van der Waals surface area contributed by atoms with Crippen LogP contribution in [0.1, 0.15) is 28.0 Å². The number of methoxy groups -OCH3 is 2. The number of fused-ring (bicyclic) bond motifs is 1. The van der Waals surface area contributed by atoms with E-state index in [1.165, 1.54) is 13.3 Å². The fraction of sp³-hybridized carbons (Fsp3) is 0.292. The molecule has 3 heterocycles. The molecular weight excluding hydrogens is 410 g/mol. The molecule has 1 aliphatic rings. The van der Waals surface area contributed by atoms with Crippen LogP contribution >= 0.6 is 0 Å². The molecule has 0 saturated carbocycles. The minimum Gasteiger partial charge on any atom is -0.494 e. The summed E-state index contributed by atoms with van der Waals surface area (Å²) in [6, 6.07) is 10.2. The Morgan fingerprint density at radius 2 is 2.09 bits per heavy atom. The van der Waals surface area contributed by atoms with Gasteiger partial charge in [-0.3, -0.25) is 4.79 Å². The molecule has 1 aliphatic heterocycles. The molecule has 0 bridgehead atoms. The van der Waals surface area contributed by atoms with Gasteiger partial charge in [-0.25, -0.2) is 9.97 Å². The molecule has 4 rings (SSSR count). The van der Waals surface area contributed by atoms with E-state index in [1.807, 2.05) is 12.1 Å². The number of pyridine rings is 2. The highest BCUT2D eigenvalue weighted by atomic mass is 16.5. The lowest BCUT2D eigenvalue weighted by atomic mass is 9.98. The molecule has 0 amide bonds. The lowest BCUT2D eigenvalue weighted by Gasteiger charge is -2.30. The number of nitrogens with one attached hydrogen (secondary N) is 1. The highest BCUT2D eigenvalue weighted by Gasteiger charge is 2.25. The minimum absolute atomic E-state index is 0.207. The van der Waals surface area contributed by atoms with Crippen LogP contribution in [0.2, 0.25) is 0 Å². The maximum Gasteiger partial charge on any atom is 0.212 e. The Labute approximate surface area is 185 Å². The van der Waals surface area contributed by atoms with Gasteiger partial charge >= 0.3 is 0 Å². The van der Waals surface area contributed by atoms with Crippen molar-refractivity contribution in [3.63, 3.8) is 0 Å². The van der Waals surface area contributed by atoms with Crippen molar-refractivity contribution in [3.05, 3.63) is 66.0 Å². The molecule has 0 spiro atoms. The van der Waals surface area contributed by atoms with Gasteiger partial charge in [-0.1, -0.05) is 18.7 Å². The van der Waals surface area contributed by atoms with E-state index in [0.29, 0.717) is 58.1 Å². The zero-order valence-electron chi connectivity index (χ0n) is 18.0. The standard InChI is InChI=1S/C24H25N3O5/c1-14(26-18-9-10-32-13-20(18)28)19-11-17(16-5-4-6-21(30-2)23(16)27-19)24(29)15-7-8-22(31-3)25-12-15/h4-8,11-12,18,20,26,28H,1,9-10,13H2,2-3H3/t18-,20-/m0/s1. The number of ketones is 1. The number of benzene rings is 1. The van der Waals surface area contributed by atoms with Gasteiger partial charge in [0.25, 0.3) is 0 Å². The summed E-state index contributed by atoms with van der Waals surface area (Å²) in [5.74, 6) is 0.766. The van der Waals surface area contributed by atoms with Crippen molar-refractivity contribution in [2.45, 2.75) is 18.6 Å². The molecule has 8 nitrogen and oxygen atoms in total. The lowest BCUT2D eigenvalue weighted by Crippen LogP contribution is -2.45. The summed E-state index contributed by atoms with van der Waals surface area (Å²) in [6.45, 7) is 4.92. The number of carbonyl (C=O) groups excluding carboxylic acids is 1. The fourth-order valence-electron chi connectivity index (χ4n) is 3.71. The van der Waals surface area contributed by atoms with E-state index < -0.39 is 6.10 Å². The molecule has 3 aromatic rings. The first-order chi connectivity index (χ1) is 15.5. The molecule has 1 aromatic carbocycles. The molecule has 1 fully saturated rings. The Bertz CT molecular complexity index is 1150. The van der Waals surface area contributed by atoms with E-state index in [1.54, 1.807) is 31.4 Å². The van der Waals surface area contributed by atoms with Crippen LogP contribution in [0.15, 0.2) is 49.2 Å². The van der Waals surface area contributed by atoms with Crippen molar-refractivity contribution in [2.75, 3.05) is 27.4 Å². The van der Waals surface area contributed by atoms with Gasteiger partial charge in [-0.15, -0.1) is 0 Å². The van der Waals surface area contributed by atoms with Gasteiger partial charge in [0.05, 0.1) is 44.4 Å². The minimum atomic E-state index is -0.651. The van der Waals surface area contributed by atoms with Gasteiger partial charge < -0.3 is 24.6 Å². The van der Waals surface area contributed by atoms with E-state index in [9.17, 15) is 9.90 Å². The summed E-state index contributed by atoms with van der Waals surface area (Å²) in [4.78, 5) is 22.3. The summed E-state index contributed by atoms with van der Waals surface area (Å²) in [6.07, 6.45) is 1.47. The number of hydrogen-bond acceptors (Lipinski definition) is 8. The Morgan fingerprint density at radius 1 is 1.25 bits per heavy atom. The lowest BCUT2D eigenvalue weighted by molar-refractivity contribution is -0.0237. The number of rotatable bonds is 7. The number of carbonyl (C=O) groups is 1. The maximum absolute atomic E-state index is 13.4. The zero-order valence-corrected chi connectivity index (χ0v) is 18.0. The molecule has 2 aromatic heterocycles. The predicted octanol–water partition coefficient (Wildman–Crippen LogP) is 2.59. The Morgan fingerprint density at radius 3 is 2.78 bits per heavy atom. The average molecular weight is 435 g/mol. The number of para-hydroxylation sites is 1. The van der Waals surface area contributed by atoms with Crippen molar-refractivity contribution in [2.24, 2.45) is 0 Å². The molecular formula is C24H25N3O5. The van der Waals surface area contributed by atoms with Gasteiger partial charge in [-0.2, -0.15) is 0 Å². The van der Waals surface area contributed by atoms with E-state index in [2.05, 4.69) is 16.9 Å². The second-order valence-electron chi connectivity index (χ2n) is 7.49. The van der Waals surface area contributed by atoms with Gasteiger partial charge in [0.15, 0.2) is 5.78 Å². The van der Waals surface area contributed by atoms with Crippen molar-refractivity contribution in [1.29, 1.82) is 0 Å². The summed E-state index contributed by atoms with van der Waals surface area (Å²) >= 11 is 0. The molecule has 1 saturated heterocycles. The number of aromatic nitrogens is 2. The summed E-state index contributed by atoms with van der Waals surface area (Å²) < 4.78 is 15.9. The van der Waals surface area contributed by atoms with Crippen molar-refractivity contribution < 1.29 is 24.1 Å². The molecule has 166 valence electrons. The van der Waals surface area contributed by atoms with Gasteiger partial charge in [0.1, 0.15) is 11.3 Å². The molecule has 32 heavy (non-hydrogen) atoms. The molecule has 0 unspecified atom stereocenters. The first-order valence-electron chi connectivity index (χ1n) is 10.3. The fourth-order valence-corrected chi connectivity index (χ4v) is 3.71. The van der Waals surface area contributed by atoms with Crippen LogP contribution in [0.5, 0.6) is 11.6 Å². The van der Waals surface area contributed by atoms with Gasteiger partial charge in [0.2, 0.25) is 5.88 Å². The maximum atomic E-state index is 13.4. The van der Waals surface area contributed by atoms with Crippen LogP contribution < -0.4 is 14.8 Å². The molecule has 2 N–H and O–H groups in total. The van der Waals surface area contributed by atoms with Gasteiger partial charge in [0, 0.05) is 35.4 Å². The van der Waals surface area contributed by atoms with Gasteiger partial charge in [-0.05, 0) is 24.6 Å². The first kappa shape index (κ1) is 21.7.